The van der Waals surface area contributed by atoms with E-state index >= 15 is 0 Å². The Bertz CT molecular complexity index is 1260. The van der Waals surface area contributed by atoms with Gasteiger partial charge < -0.3 is 4.42 Å². The fourth-order valence-corrected chi connectivity index (χ4v) is 3.87. The molecule has 0 radical (unpaired) electrons. The molecule has 8 heteroatoms. The molecule has 2 aromatic carbocycles. The summed E-state index contributed by atoms with van der Waals surface area (Å²) in [5.74, 6) is 0. The predicted molar refractivity (Wildman–Crippen MR) is 94.4 cm³/mol. The van der Waals surface area contributed by atoms with Crippen LogP contribution < -0.4 is 0 Å². The van der Waals surface area contributed by atoms with Gasteiger partial charge in [-0.1, -0.05) is 24.3 Å². The lowest BCUT2D eigenvalue weighted by molar-refractivity contribution is 0.0656. The van der Waals surface area contributed by atoms with E-state index in [-0.39, 0.29) is 5.16 Å². The van der Waals surface area contributed by atoms with E-state index < -0.39 is 6.55 Å². The van der Waals surface area contributed by atoms with E-state index in [1.807, 2.05) is 24.3 Å². The number of hydrogen-bond donors (Lipinski definition) is 0. The van der Waals surface area contributed by atoms with Crippen LogP contribution in [0.2, 0.25) is 0 Å². The Labute approximate surface area is 149 Å². The van der Waals surface area contributed by atoms with Crippen LogP contribution in [0.25, 0.3) is 33.1 Å². The predicted octanol–water partition coefficient (Wildman–Crippen LogP) is 5.27. The molecular formula is C18H10F2N4OS. The van der Waals surface area contributed by atoms with E-state index in [0.717, 1.165) is 21.7 Å². The summed E-state index contributed by atoms with van der Waals surface area (Å²) >= 11 is 1.04. The standard InChI is InChI=1S/C18H10F2N4OS/c19-17(20)24-12-7-3-2-6-11(12)23-18(24)26-16-15-14(21-9-22-16)10-5-1-4-8-13(10)25-15/h1-9,17H. The van der Waals surface area contributed by atoms with Gasteiger partial charge >= 0.3 is 6.55 Å². The van der Waals surface area contributed by atoms with Crippen molar-refractivity contribution in [3.8, 4) is 0 Å². The van der Waals surface area contributed by atoms with Gasteiger partial charge in [0.05, 0.1) is 11.0 Å². The monoisotopic (exact) mass is 368 g/mol. The molecule has 0 atom stereocenters. The van der Waals surface area contributed by atoms with Gasteiger partial charge in [0.1, 0.15) is 17.4 Å². The van der Waals surface area contributed by atoms with E-state index in [1.165, 1.54) is 6.33 Å². The van der Waals surface area contributed by atoms with E-state index in [9.17, 15) is 8.78 Å². The topological polar surface area (TPSA) is 56.7 Å². The Kier molecular flexibility index (Phi) is 3.39. The molecule has 0 unspecified atom stereocenters. The zero-order valence-corrected chi connectivity index (χ0v) is 14.0. The van der Waals surface area contributed by atoms with Crippen LogP contribution in [0.4, 0.5) is 8.78 Å². The molecule has 3 heterocycles. The van der Waals surface area contributed by atoms with Crippen LogP contribution in [0, 0.1) is 0 Å². The minimum Gasteiger partial charge on any atom is -0.451 e. The molecule has 26 heavy (non-hydrogen) atoms. The molecule has 5 rings (SSSR count). The second-order valence-corrected chi connectivity index (χ2v) is 6.54. The third-order valence-electron chi connectivity index (χ3n) is 4.07. The van der Waals surface area contributed by atoms with Gasteiger partial charge in [0.2, 0.25) is 0 Å². The number of nitrogens with zero attached hydrogens (tertiary/aromatic N) is 4. The molecule has 0 saturated carbocycles. The van der Waals surface area contributed by atoms with Gasteiger partial charge in [-0.15, -0.1) is 0 Å². The van der Waals surface area contributed by atoms with Crippen LogP contribution in [0.1, 0.15) is 6.55 Å². The highest BCUT2D eigenvalue weighted by Gasteiger charge is 2.21. The van der Waals surface area contributed by atoms with Crippen molar-refractivity contribution in [2.75, 3.05) is 0 Å². The van der Waals surface area contributed by atoms with Gasteiger partial charge in [-0.25, -0.2) is 15.0 Å². The molecule has 5 aromatic rings. The molecule has 0 bridgehead atoms. The first-order valence-electron chi connectivity index (χ1n) is 7.77. The number of para-hydroxylation sites is 3. The van der Waals surface area contributed by atoms with Crippen LogP contribution in [0.3, 0.4) is 0 Å². The summed E-state index contributed by atoms with van der Waals surface area (Å²) in [6, 6.07) is 14.3. The first kappa shape index (κ1) is 15.3. The Morgan fingerprint density at radius 3 is 2.69 bits per heavy atom. The quantitative estimate of drug-likeness (QED) is 0.406. The van der Waals surface area contributed by atoms with Crippen LogP contribution in [-0.4, -0.2) is 19.5 Å². The number of rotatable bonds is 3. The Morgan fingerprint density at radius 2 is 1.81 bits per heavy atom. The number of benzene rings is 2. The fourth-order valence-electron chi connectivity index (χ4n) is 2.94. The number of fused-ring (bicyclic) bond motifs is 4. The SMILES string of the molecule is FC(F)n1c(Sc2ncnc3c2oc2ccccc23)nc2ccccc21. The zero-order valence-electron chi connectivity index (χ0n) is 13.1. The lowest BCUT2D eigenvalue weighted by Crippen LogP contribution is -2.00. The lowest BCUT2D eigenvalue weighted by atomic mass is 10.2. The van der Waals surface area contributed by atoms with Gasteiger partial charge in [-0.3, -0.25) is 4.57 Å². The van der Waals surface area contributed by atoms with E-state index in [4.69, 9.17) is 4.42 Å². The van der Waals surface area contributed by atoms with Crippen molar-refractivity contribution in [3.05, 3.63) is 54.9 Å². The fraction of sp³-hybridized carbons (Fsp3) is 0.0556. The van der Waals surface area contributed by atoms with Crippen molar-refractivity contribution in [1.82, 2.24) is 19.5 Å². The summed E-state index contributed by atoms with van der Waals surface area (Å²) in [5.41, 5.74) is 2.67. The Morgan fingerprint density at radius 1 is 1.00 bits per heavy atom. The first-order valence-corrected chi connectivity index (χ1v) is 8.59. The number of imidazole rings is 1. The Hall–Kier alpha value is -3.00. The zero-order chi connectivity index (χ0) is 17.7. The lowest BCUT2D eigenvalue weighted by Gasteiger charge is -2.06. The largest absolute Gasteiger partial charge is 0.451 e. The minimum atomic E-state index is -2.71. The van der Waals surface area contributed by atoms with Crippen molar-refractivity contribution in [3.63, 3.8) is 0 Å². The molecule has 5 nitrogen and oxygen atoms in total. The second kappa shape index (κ2) is 5.77. The molecule has 0 aliphatic carbocycles. The third kappa shape index (κ3) is 2.26. The molecule has 0 N–H and O–H groups in total. The maximum Gasteiger partial charge on any atom is 0.321 e. The number of furan rings is 1. The number of aromatic nitrogens is 4. The van der Waals surface area contributed by atoms with Gasteiger partial charge in [0.15, 0.2) is 15.8 Å². The van der Waals surface area contributed by atoms with Gasteiger partial charge in [0, 0.05) is 5.39 Å². The van der Waals surface area contributed by atoms with Gasteiger partial charge in [-0.2, -0.15) is 8.78 Å². The van der Waals surface area contributed by atoms with Crippen LogP contribution in [0.5, 0.6) is 0 Å². The molecule has 0 fully saturated rings. The third-order valence-corrected chi connectivity index (χ3v) is 5.03. The highest BCUT2D eigenvalue weighted by atomic mass is 32.2. The number of hydrogen-bond acceptors (Lipinski definition) is 5. The summed E-state index contributed by atoms with van der Waals surface area (Å²) < 4.78 is 34.0. The molecule has 128 valence electrons. The maximum absolute atomic E-state index is 13.6. The van der Waals surface area contributed by atoms with E-state index in [2.05, 4.69) is 15.0 Å². The molecule has 0 spiro atoms. The van der Waals surface area contributed by atoms with E-state index in [1.54, 1.807) is 24.3 Å². The van der Waals surface area contributed by atoms with Crippen LogP contribution in [0.15, 0.2) is 69.5 Å². The molecular weight excluding hydrogens is 358 g/mol. The van der Waals surface area contributed by atoms with Gasteiger partial charge in [0.25, 0.3) is 0 Å². The highest BCUT2D eigenvalue weighted by molar-refractivity contribution is 7.99. The summed E-state index contributed by atoms with van der Waals surface area (Å²) in [7, 11) is 0. The first-order chi connectivity index (χ1) is 12.7. The van der Waals surface area contributed by atoms with Crippen LogP contribution in [-0.2, 0) is 0 Å². The summed E-state index contributed by atoms with van der Waals surface area (Å²) in [6.07, 6.45) is 1.40. The smallest absolute Gasteiger partial charge is 0.321 e. The molecule has 0 aliphatic heterocycles. The normalized spacial score (nSPS) is 12.0. The molecule has 3 aromatic heterocycles. The average Bonchev–Trinajstić information content (AvgIpc) is 3.20. The maximum atomic E-state index is 13.6. The Balaban J connectivity index is 1.71. The van der Waals surface area contributed by atoms with E-state index in [0.29, 0.717) is 32.7 Å². The van der Waals surface area contributed by atoms with Crippen molar-refractivity contribution in [2.24, 2.45) is 0 Å². The number of alkyl halides is 2. The van der Waals surface area contributed by atoms with Crippen LogP contribution >= 0.6 is 11.8 Å². The molecule has 0 saturated heterocycles. The number of halogens is 2. The summed E-state index contributed by atoms with van der Waals surface area (Å²) in [6.45, 7) is -2.71. The molecule has 0 amide bonds. The average molecular weight is 368 g/mol. The van der Waals surface area contributed by atoms with Crippen molar-refractivity contribution in [2.45, 2.75) is 16.7 Å². The van der Waals surface area contributed by atoms with Crippen molar-refractivity contribution < 1.29 is 13.2 Å². The molecule has 0 aliphatic rings. The van der Waals surface area contributed by atoms with Gasteiger partial charge in [-0.05, 0) is 36.0 Å². The van der Waals surface area contributed by atoms with Crippen molar-refractivity contribution >= 4 is 44.9 Å². The minimum absolute atomic E-state index is 0.154. The summed E-state index contributed by atoms with van der Waals surface area (Å²) in [4.78, 5) is 12.8. The van der Waals surface area contributed by atoms with Crippen molar-refractivity contribution in [1.29, 1.82) is 0 Å². The summed E-state index contributed by atoms with van der Waals surface area (Å²) in [5, 5.41) is 1.46. The second-order valence-electron chi connectivity index (χ2n) is 5.59. The highest BCUT2D eigenvalue weighted by Crippen LogP contribution is 2.37.